The second-order valence-corrected chi connectivity index (χ2v) is 18.0. The Morgan fingerprint density at radius 1 is 0.586 bits per heavy atom. The highest BCUT2D eigenvalue weighted by molar-refractivity contribution is 7.79. The van der Waals surface area contributed by atoms with Crippen LogP contribution >= 0.6 is 15.8 Å². The van der Waals surface area contributed by atoms with Crippen molar-refractivity contribution in [2.75, 3.05) is 12.3 Å². The number of unbranched alkanes of at least 4 members (excludes halogenated alkanes) is 4. The van der Waals surface area contributed by atoms with Crippen LogP contribution in [-0.4, -0.2) is 27.5 Å². The number of rotatable bonds is 14. The minimum Gasteiger partial charge on any atom is -0.0900 e. The summed E-state index contributed by atoms with van der Waals surface area (Å²) in [5, 5.41) is 1.49. The van der Waals surface area contributed by atoms with E-state index in [1.807, 2.05) is 0 Å². The zero-order valence-electron chi connectivity index (χ0n) is 21.1. The van der Waals surface area contributed by atoms with Crippen LogP contribution in [0.5, 0.6) is 0 Å². The monoisotopic (exact) mass is 440 g/mol. The molecule has 172 valence electrons. The molecule has 29 heavy (non-hydrogen) atoms. The molecule has 2 heteroatoms. The van der Waals surface area contributed by atoms with E-state index < -0.39 is 0 Å². The fourth-order valence-electron chi connectivity index (χ4n) is 7.04. The van der Waals surface area contributed by atoms with Gasteiger partial charge in [-0.05, 0) is 74.0 Å². The Bertz CT molecular complexity index is 399. The highest BCUT2D eigenvalue weighted by atomic mass is 31.2. The normalized spacial score (nSPS) is 26.3. The summed E-state index contributed by atoms with van der Waals surface area (Å²) in [6.45, 7) is 15.3. The fourth-order valence-corrected chi connectivity index (χ4v) is 18.0. The SMILES string of the molecule is CCCCC1(CCCC)CCCP1C(C)(C)P1CCCC1(CCCC)CCCC. The first-order valence-electron chi connectivity index (χ1n) is 13.5. The van der Waals surface area contributed by atoms with Gasteiger partial charge in [-0.25, -0.2) is 0 Å². The highest BCUT2D eigenvalue weighted by Crippen LogP contribution is 2.82. The van der Waals surface area contributed by atoms with Gasteiger partial charge in [0.15, 0.2) is 0 Å². The summed E-state index contributed by atoms with van der Waals surface area (Å²) in [6, 6.07) is 0. The molecule has 0 nitrogen and oxygen atoms in total. The van der Waals surface area contributed by atoms with Gasteiger partial charge in [0, 0.05) is 4.90 Å². The lowest BCUT2D eigenvalue weighted by atomic mass is 9.91. The standard InChI is InChI=1S/C27H54P2/c1-7-11-17-26(18-12-8-2)21-15-23-28(26)25(5,6)29-24-16-22-27(29,19-13-9-3)20-14-10-4/h7-24H2,1-6H3. The Morgan fingerprint density at radius 2 is 0.897 bits per heavy atom. The zero-order chi connectivity index (χ0) is 21.4. The van der Waals surface area contributed by atoms with Crippen molar-refractivity contribution in [3.05, 3.63) is 0 Å². The second kappa shape index (κ2) is 12.2. The largest absolute Gasteiger partial charge is 0.0900 e. The number of hydrogen-bond acceptors (Lipinski definition) is 0. The van der Waals surface area contributed by atoms with Crippen LogP contribution in [0.1, 0.15) is 144 Å². The highest BCUT2D eigenvalue weighted by Gasteiger charge is 2.56. The summed E-state index contributed by atoms with van der Waals surface area (Å²) in [5.41, 5.74) is 0. The molecular weight excluding hydrogens is 386 g/mol. The third-order valence-corrected chi connectivity index (χ3v) is 17.7. The van der Waals surface area contributed by atoms with Crippen molar-refractivity contribution in [2.24, 2.45) is 0 Å². The maximum atomic E-state index is 2.81. The van der Waals surface area contributed by atoms with Crippen LogP contribution in [0.15, 0.2) is 0 Å². The molecule has 0 amide bonds. The Hall–Kier alpha value is 0.860. The van der Waals surface area contributed by atoms with Crippen LogP contribution in [-0.2, 0) is 0 Å². The van der Waals surface area contributed by atoms with Crippen molar-refractivity contribution in [1.29, 1.82) is 0 Å². The Labute approximate surface area is 187 Å². The molecule has 2 fully saturated rings. The summed E-state index contributed by atoms with van der Waals surface area (Å²) in [4.78, 5) is 0.653. The minimum atomic E-state index is 0.170. The second-order valence-electron chi connectivity index (χ2n) is 10.9. The van der Waals surface area contributed by atoms with Gasteiger partial charge in [0.2, 0.25) is 0 Å². The lowest BCUT2D eigenvalue weighted by molar-refractivity contribution is 0.436. The topological polar surface area (TPSA) is 0 Å². The molecule has 0 aliphatic carbocycles. The first-order valence-corrected chi connectivity index (χ1v) is 16.5. The lowest BCUT2D eigenvalue weighted by Gasteiger charge is -2.53. The Kier molecular flexibility index (Phi) is 11.0. The van der Waals surface area contributed by atoms with E-state index in [-0.39, 0.29) is 15.8 Å². The number of hydrogen-bond donors (Lipinski definition) is 0. The van der Waals surface area contributed by atoms with Crippen LogP contribution in [0.2, 0.25) is 0 Å². The molecule has 2 aliphatic rings. The smallest absolute Gasteiger partial charge is 0.00596 e. The molecule has 0 N–H and O–H groups in total. The Balaban J connectivity index is 2.32. The summed E-state index contributed by atoms with van der Waals surface area (Å²) in [5.74, 6) is 0. The average Bonchev–Trinajstić information content (AvgIpc) is 3.34. The third-order valence-electron chi connectivity index (χ3n) is 8.50. The van der Waals surface area contributed by atoms with E-state index in [0.29, 0.717) is 4.90 Å². The molecule has 0 aromatic carbocycles. The van der Waals surface area contributed by atoms with Crippen molar-refractivity contribution in [3.63, 3.8) is 0 Å². The summed E-state index contributed by atoms with van der Waals surface area (Å²) in [7, 11) is 0.340. The molecule has 0 bridgehead atoms. The first-order chi connectivity index (χ1) is 13.9. The van der Waals surface area contributed by atoms with Gasteiger partial charge in [-0.2, -0.15) is 0 Å². The molecular formula is C27H54P2. The molecule has 2 saturated heterocycles. The molecule has 0 aromatic heterocycles. The van der Waals surface area contributed by atoms with Crippen molar-refractivity contribution < 1.29 is 0 Å². The Morgan fingerprint density at radius 3 is 1.17 bits per heavy atom. The summed E-state index contributed by atoms with van der Waals surface area (Å²) >= 11 is 0. The molecule has 2 aliphatic heterocycles. The molecule has 0 aromatic rings. The van der Waals surface area contributed by atoms with Gasteiger partial charge in [0.05, 0.1) is 0 Å². The molecule has 0 saturated carbocycles. The fraction of sp³-hybridized carbons (Fsp3) is 1.00. The van der Waals surface area contributed by atoms with Gasteiger partial charge in [-0.3, -0.25) is 0 Å². The summed E-state index contributed by atoms with van der Waals surface area (Å²) in [6.07, 6.45) is 27.1. The van der Waals surface area contributed by atoms with E-state index in [4.69, 9.17) is 0 Å². The quantitative estimate of drug-likeness (QED) is 0.236. The average molecular weight is 441 g/mol. The van der Waals surface area contributed by atoms with Crippen LogP contribution in [0, 0.1) is 0 Å². The van der Waals surface area contributed by atoms with Gasteiger partial charge in [-0.1, -0.05) is 109 Å². The maximum absolute atomic E-state index is 2.81. The van der Waals surface area contributed by atoms with Gasteiger partial charge in [0.1, 0.15) is 0 Å². The van der Waals surface area contributed by atoms with Gasteiger partial charge in [0.25, 0.3) is 0 Å². The first kappa shape index (κ1) is 26.1. The van der Waals surface area contributed by atoms with Gasteiger partial charge < -0.3 is 0 Å². The van der Waals surface area contributed by atoms with Gasteiger partial charge in [-0.15, -0.1) is 0 Å². The van der Waals surface area contributed by atoms with Crippen molar-refractivity contribution in [1.82, 2.24) is 0 Å². The molecule has 2 unspecified atom stereocenters. The van der Waals surface area contributed by atoms with E-state index >= 15 is 0 Å². The molecule has 0 spiro atoms. The van der Waals surface area contributed by atoms with E-state index in [0.717, 1.165) is 10.3 Å². The van der Waals surface area contributed by atoms with Crippen LogP contribution < -0.4 is 0 Å². The molecule has 0 radical (unpaired) electrons. The van der Waals surface area contributed by atoms with E-state index in [9.17, 15) is 0 Å². The van der Waals surface area contributed by atoms with Crippen molar-refractivity contribution in [2.45, 2.75) is 159 Å². The van der Waals surface area contributed by atoms with E-state index in [1.54, 1.807) is 63.7 Å². The van der Waals surface area contributed by atoms with Crippen molar-refractivity contribution >= 4 is 15.8 Å². The predicted molar refractivity (Wildman–Crippen MR) is 140 cm³/mol. The minimum absolute atomic E-state index is 0.170. The van der Waals surface area contributed by atoms with Gasteiger partial charge >= 0.3 is 0 Å². The maximum Gasteiger partial charge on any atom is 0.00596 e. The predicted octanol–water partition coefficient (Wildman–Crippen LogP) is 10.5. The van der Waals surface area contributed by atoms with E-state index in [1.165, 1.54) is 51.4 Å². The molecule has 2 rings (SSSR count). The lowest BCUT2D eigenvalue weighted by Crippen LogP contribution is -2.36. The zero-order valence-corrected chi connectivity index (χ0v) is 22.9. The summed E-state index contributed by atoms with van der Waals surface area (Å²) < 4.78 is 0. The van der Waals surface area contributed by atoms with Crippen LogP contribution in [0.25, 0.3) is 0 Å². The van der Waals surface area contributed by atoms with E-state index in [2.05, 4.69) is 41.5 Å². The van der Waals surface area contributed by atoms with Crippen molar-refractivity contribution in [3.8, 4) is 0 Å². The third kappa shape index (κ3) is 6.01. The molecule has 2 atom stereocenters. The van der Waals surface area contributed by atoms with Crippen LogP contribution in [0.4, 0.5) is 0 Å². The molecule has 2 heterocycles. The van der Waals surface area contributed by atoms with Crippen LogP contribution in [0.3, 0.4) is 0 Å².